The first-order valence-electron chi connectivity index (χ1n) is 10.6. The Kier molecular flexibility index (Phi) is 10.6. The van der Waals surface area contributed by atoms with Crippen molar-refractivity contribution in [3.05, 3.63) is 62.1 Å². The van der Waals surface area contributed by atoms with Crippen molar-refractivity contribution in [3.63, 3.8) is 0 Å². The zero-order valence-corrected chi connectivity index (χ0v) is 23.5. The van der Waals surface area contributed by atoms with Crippen molar-refractivity contribution in [1.29, 1.82) is 0 Å². The number of rotatable bonds is 11. The van der Waals surface area contributed by atoms with Crippen LogP contribution in [0, 0.1) is 3.57 Å². The first-order chi connectivity index (χ1) is 15.5. The maximum absolute atomic E-state index is 13.4. The summed E-state index contributed by atoms with van der Waals surface area (Å²) in [6.45, 7) is 4.00. The van der Waals surface area contributed by atoms with E-state index in [2.05, 4.69) is 43.8 Å². The van der Waals surface area contributed by atoms with E-state index >= 15 is 0 Å². The van der Waals surface area contributed by atoms with Gasteiger partial charge in [0.2, 0.25) is 21.8 Å². The molecule has 0 aliphatic rings. The summed E-state index contributed by atoms with van der Waals surface area (Å²) in [6, 6.07) is 13.6. The molecule has 7 nitrogen and oxygen atoms in total. The van der Waals surface area contributed by atoms with Crippen molar-refractivity contribution in [2.75, 3.05) is 23.7 Å². The Balaban J connectivity index is 2.32. The van der Waals surface area contributed by atoms with Crippen molar-refractivity contribution >= 4 is 66.0 Å². The Morgan fingerprint density at radius 3 is 2.24 bits per heavy atom. The molecular formula is C23H29BrIN3O4S. The molecule has 2 aromatic rings. The highest BCUT2D eigenvalue weighted by Crippen LogP contribution is 2.21. The number of carbonyl (C=O) groups is 2. The van der Waals surface area contributed by atoms with E-state index in [1.165, 1.54) is 4.90 Å². The van der Waals surface area contributed by atoms with Crippen LogP contribution in [0.15, 0.2) is 53.0 Å². The molecule has 0 aliphatic heterocycles. The second-order valence-electron chi connectivity index (χ2n) is 7.71. The summed E-state index contributed by atoms with van der Waals surface area (Å²) in [4.78, 5) is 27.6. The van der Waals surface area contributed by atoms with Crippen molar-refractivity contribution in [2.45, 2.75) is 39.3 Å². The van der Waals surface area contributed by atoms with Crippen LogP contribution in [0.3, 0.4) is 0 Å². The van der Waals surface area contributed by atoms with Crippen LogP contribution in [0.1, 0.15) is 32.3 Å². The van der Waals surface area contributed by atoms with Crippen molar-refractivity contribution in [2.24, 2.45) is 0 Å². The Bertz CT molecular complexity index is 1050. The molecule has 0 heterocycles. The fourth-order valence-corrected chi connectivity index (χ4v) is 4.60. The van der Waals surface area contributed by atoms with Gasteiger partial charge in [0, 0.05) is 21.1 Å². The van der Waals surface area contributed by atoms with Crippen molar-refractivity contribution in [1.82, 2.24) is 10.2 Å². The maximum Gasteiger partial charge on any atom is 0.244 e. The number of sulfonamides is 1. The SMILES string of the molecule is CCCCNC(=O)[C@H](C)N(Cc1ccc(Br)cc1)C(=O)CN(c1ccc(I)cc1)S(C)(=O)=O. The quantitative estimate of drug-likeness (QED) is 0.293. The average Bonchev–Trinajstić information content (AvgIpc) is 2.76. The summed E-state index contributed by atoms with van der Waals surface area (Å²) in [5.74, 6) is -0.728. The molecule has 2 rings (SSSR count). The Morgan fingerprint density at radius 2 is 1.70 bits per heavy atom. The number of amides is 2. The van der Waals surface area contributed by atoms with Crippen molar-refractivity contribution in [3.8, 4) is 0 Å². The first kappa shape index (κ1) is 27.6. The molecule has 0 aliphatic carbocycles. The highest BCUT2D eigenvalue weighted by molar-refractivity contribution is 14.1. The summed E-state index contributed by atoms with van der Waals surface area (Å²) in [6.07, 6.45) is 2.85. The summed E-state index contributed by atoms with van der Waals surface area (Å²) >= 11 is 5.52. The third kappa shape index (κ3) is 8.56. The zero-order chi connectivity index (χ0) is 24.6. The molecule has 10 heteroatoms. The molecule has 1 N–H and O–H groups in total. The van der Waals surface area contributed by atoms with E-state index in [1.54, 1.807) is 31.2 Å². The second-order valence-corrected chi connectivity index (χ2v) is 11.8. The van der Waals surface area contributed by atoms with E-state index < -0.39 is 28.5 Å². The molecule has 0 unspecified atom stereocenters. The van der Waals surface area contributed by atoms with E-state index in [9.17, 15) is 18.0 Å². The van der Waals surface area contributed by atoms with E-state index in [4.69, 9.17) is 0 Å². The van der Waals surface area contributed by atoms with E-state index in [-0.39, 0.29) is 12.5 Å². The standard InChI is InChI=1S/C23H29BrIN3O4S/c1-4-5-14-26-23(30)17(2)27(15-18-6-8-19(24)9-7-18)22(29)16-28(33(3,31)32)21-12-10-20(25)11-13-21/h6-13,17H,4-5,14-16H2,1-3H3,(H,26,30)/t17-/m0/s1. The van der Waals surface area contributed by atoms with Crippen LogP contribution < -0.4 is 9.62 Å². The van der Waals surface area contributed by atoms with Gasteiger partial charge in [0.15, 0.2) is 0 Å². The van der Waals surface area contributed by atoms with Gasteiger partial charge in [0.05, 0.1) is 11.9 Å². The summed E-state index contributed by atoms with van der Waals surface area (Å²) in [7, 11) is -3.72. The van der Waals surface area contributed by atoms with Gasteiger partial charge in [0.1, 0.15) is 12.6 Å². The number of halogens is 2. The fourth-order valence-electron chi connectivity index (χ4n) is 3.13. The Labute approximate surface area is 218 Å². The third-order valence-corrected chi connectivity index (χ3v) is 7.45. The normalized spacial score (nSPS) is 12.2. The first-order valence-corrected chi connectivity index (χ1v) is 14.3. The molecule has 0 saturated carbocycles. The molecule has 2 aromatic carbocycles. The molecule has 0 aromatic heterocycles. The smallest absolute Gasteiger partial charge is 0.244 e. The maximum atomic E-state index is 13.4. The minimum atomic E-state index is -3.72. The van der Waals surface area contributed by atoms with Crippen LogP contribution in [-0.2, 0) is 26.2 Å². The number of nitrogens with one attached hydrogen (secondary N) is 1. The summed E-state index contributed by atoms with van der Waals surface area (Å²) < 4.78 is 28.0. The highest BCUT2D eigenvalue weighted by Gasteiger charge is 2.30. The molecule has 33 heavy (non-hydrogen) atoms. The minimum absolute atomic E-state index is 0.179. The minimum Gasteiger partial charge on any atom is -0.354 e. The van der Waals surface area contributed by atoms with Gasteiger partial charge in [-0.2, -0.15) is 0 Å². The molecule has 1 atom stereocenters. The lowest BCUT2D eigenvalue weighted by Crippen LogP contribution is -2.51. The highest BCUT2D eigenvalue weighted by atomic mass is 127. The van der Waals surface area contributed by atoms with E-state index in [1.807, 2.05) is 31.2 Å². The fraction of sp³-hybridized carbons (Fsp3) is 0.391. The number of anilines is 1. The molecule has 0 fully saturated rings. The van der Waals surface area contributed by atoms with E-state index in [0.717, 1.165) is 37.0 Å². The average molecular weight is 650 g/mol. The van der Waals surface area contributed by atoms with Crippen LogP contribution in [0.4, 0.5) is 5.69 Å². The number of hydrogen-bond donors (Lipinski definition) is 1. The summed E-state index contributed by atoms with van der Waals surface area (Å²) in [5.41, 5.74) is 1.23. The monoisotopic (exact) mass is 649 g/mol. The van der Waals surface area contributed by atoms with Gasteiger partial charge in [-0.25, -0.2) is 8.42 Å². The summed E-state index contributed by atoms with van der Waals surface area (Å²) in [5, 5.41) is 2.86. The predicted molar refractivity (Wildman–Crippen MR) is 143 cm³/mol. The van der Waals surface area contributed by atoms with Crippen LogP contribution in [0.5, 0.6) is 0 Å². The number of unbranched alkanes of at least 4 members (excludes halogenated alkanes) is 1. The largest absolute Gasteiger partial charge is 0.354 e. The molecular weight excluding hydrogens is 621 g/mol. The molecule has 0 bridgehead atoms. The van der Waals surface area contributed by atoms with Crippen LogP contribution in [-0.4, -0.2) is 50.5 Å². The van der Waals surface area contributed by atoms with Crippen LogP contribution >= 0.6 is 38.5 Å². The lowest BCUT2D eigenvalue weighted by Gasteiger charge is -2.31. The van der Waals surface area contributed by atoms with Crippen LogP contribution in [0.2, 0.25) is 0 Å². The lowest BCUT2D eigenvalue weighted by molar-refractivity contribution is -0.139. The Hall–Kier alpha value is -1.66. The predicted octanol–water partition coefficient (Wildman–Crippen LogP) is 4.15. The zero-order valence-electron chi connectivity index (χ0n) is 18.9. The lowest BCUT2D eigenvalue weighted by atomic mass is 10.1. The second kappa shape index (κ2) is 12.7. The van der Waals surface area contributed by atoms with Gasteiger partial charge in [-0.15, -0.1) is 0 Å². The molecule has 0 radical (unpaired) electrons. The van der Waals surface area contributed by atoms with Gasteiger partial charge in [0.25, 0.3) is 0 Å². The van der Waals surface area contributed by atoms with Crippen molar-refractivity contribution < 1.29 is 18.0 Å². The molecule has 2 amide bonds. The van der Waals surface area contributed by atoms with Gasteiger partial charge < -0.3 is 10.2 Å². The molecule has 180 valence electrons. The number of hydrogen-bond acceptors (Lipinski definition) is 4. The van der Waals surface area contributed by atoms with E-state index in [0.29, 0.717) is 12.2 Å². The number of benzene rings is 2. The third-order valence-electron chi connectivity index (χ3n) is 5.06. The van der Waals surface area contributed by atoms with Gasteiger partial charge in [-0.05, 0) is 77.9 Å². The van der Waals surface area contributed by atoms with Gasteiger partial charge in [-0.3, -0.25) is 13.9 Å². The van der Waals surface area contributed by atoms with Gasteiger partial charge >= 0.3 is 0 Å². The topological polar surface area (TPSA) is 86.8 Å². The number of carbonyl (C=O) groups excluding carboxylic acids is 2. The van der Waals surface area contributed by atoms with Crippen LogP contribution in [0.25, 0.3) is 0 Å². The molecule has 0 saturated heterocycles. The van der Waals surface area contributed by atoms with Gasteiger partial charge in [-0.1, -0.05) is 41.4 Å². The molecule has 0 spiro atoms. The number of nitrogens with zero attached hydrogens (tertiary/aromatic N) is 2. The Morgan fingerprint density at radius 1 is 1.09 bits per heavy atom.